The van der Waals surface area contributed by atoms with Crippen LogP contribution in [0.1, 0.15) is 90.9 Å². The Bertz CT molecular complexity index is 226. The highest BCUT2D eigenvalue weighted by Crippen LogP contribution is 2.14. The standard InChI is InChI=1S/C17H34O3/c1-15(2)12-10-8-6-4-3-5-7-9-11-13-16(18)14-17(19)20/h15-16,18H,3-14H2,1-2H3,(H,19,20)/p-1. The minimum absolute atomic E-state index is 0.226. The number of carbonyl (C=O) groups is 1. The van der Waals surface area contributed by atoms with E-state index in [1.54, 1.807) is 0 Å². The highest BCUT2D eigenvalue weighted by molar-refractivity contribution is 5.64. The third kappa shape index (κ3) is 15.5. The van der Waals surface area contributed by atoms with Crippen LogP contribution < -0.4 is 5.11 Å². The molecule has 0 bridgehead atoms. The zero-order valence-corrected chi connectivity index (χ0v) is 13.4. The molecule has 0 saturated carbocycles. The van der Waals surface area contributed by atoms with E-state index < -0.39 is 12.1 Å². The van der Waals surface area contributed by atoms with Crippen LogP contribution in [0, 0.1) is 5.92 Å². The van der Waals surface area contributed by atoms with Crippen LogP contribution in [0.5, 0.6) is 0 Å². The summed E-state index contributed by atoms with van der Waals surface area (Å²) in [5.74, 6) is -0.322. The van der Waals surface area contributed by atoms with Crippen LogP contribution in [-0.4, -0.2) is 17.2 Å². The summed E-state index contributed by atoms with van der Waals surface area (Å²) in [5, 5.41) is 19.6. The first-order valence-electron chi connectivity index (χ1n) is 8.40. The molecular formula is C17H33O3-. The summed E-state index contributed by atoms with van der Waals surface area (Å²) >= 11 is 0. The fourth-order valence-corrected chi connectivity index (χ4v) is 2.46. The lowest BCUT2D eigenvalue weighted by Crippen LogP contribution is -2.27. The smallest absolute Gasteiger partial charge is 0.0592 e. The molecule has 120 valence electrons. The fraction of sp³-hybridized carbons (Fsp3) is 0.941. The van der Waals surface area contributed by atoms with Gasteiger partial charge >= 0.3 is 0 Å². The number of rotatable bonds is 14. The summed E-state index contributed by atoms with van der Waals surface area (Å²) in [6.07, 6.45) is 12.2. The predicted octanol–water partition coefficient (Wildman–Crippen LogP) is 3.43. The van der Waals surface area contributed by atoms with Crippen LogP contribution in [0.4, 0.5) is 0 Å². The van der Waals surface area contributed by atoms with E-state index in [0.29, 0.717) is 6.42 Å². The lowest BCUT2D eigenvalue weighted by atomic mass is 10.0. The summed E-state index contributed by atoms with van der Waals surface area (Å²) in [6, 6.07) is 0. The van der Waals surface area contributed by atoms with Crippen LogP contribution in [0.2, 0.25) is 0 Å². The molecule has 3 nitrogen and oxygen atoms in total. The third-order valence-corrected chi connectivity index (χ3v) is 3.72. The fourth-order valence-electron chi connectivity index (χ4n) is 2.46. The van der Waals surface area contributed by atoms with Gasteiger partial charge in [0.05, 0.1) is 6.10 Å². The largest absolute Gasteiger partial charge is 0.550 e. The van der Waals surface area contributed by atoms with Gasteiger partial charge in [-0.1, -0.05) is 78.1 Å². The van der Waals surface area contributed by atoms with Gasteiger partial charge in [-0.2, -0.15) is 0 Å². The average Bonchev–Trinajstić information content (AvgIpc) is 2.34. The summed E-state index contributed by atoms with van der Waals surface area (Å²) in [7, 11) is 0. The van der Waals surface area contributed by atoms with E-state index in [9.17, 15) is 15.0 Å². The Kier molecular flexibility index (Phi) is 13.0. The molecule has 0 aromatic carbocycles. The Morgan fingerprint density at radius 2 is 1.25 bits per heavy atom. The highest BCUT2D eigenvalue weighted by Gasteiger charge is 2.03. The summed E-state index contributed by atoms with van der Waals surface area (Å²) < 4.78 is 0. The Balaban J connectivity index is 3.11. The van der Waals surface area contributed by atoms with E-state index in [4.69, 9.17) is 0 Å². The van der Waals surface area contributed by atoms with Gasteiger partial charge in [-0.3, -0.25) is 0 Å². The maximum absolute atomic E-state index is 10.3. The Labute approximate surface area is 124 Å². The molecule has 1 unspecified atom stereocenters. The Hall–Kier alpha value is -0.570. The van der Waals surface area contributed by atoms with Gasteiger partial charge in [0.2, 0.25) is 0 Å². The SMILES string of the molecule is CC(C)CCCCCCCCCCCC(O)CC(=O)[O-]. The van der Waals surface area contributed by atoms with Crippen molar-refractivity contribution >= 4 is 5.97 Å². The Morgan fingerprint density at radius 3 is 1.65 bits per heavy atom. The van der Waals surface area contributed by atoms with E-state index in [-0.39, 0.29) is 6.42 Å². The van der Waals surface area contributed by atoms with Gasteiger partial charge in [0.15, 0.2) is 0 Å². The number of carbonyl (C=O) groups excluding carboxylic acids is 1. The molecule has 3 heteroatoms. The molecule has 0 amide bonds. The minimum Gasteiger partial charge on any atom is -0.550 e. The molecule has 0 fully saturated rings. The van der Waals surface area contributed by atoms with E-state index in [2.05, 4.69) is 13.8 Å². The van der Waals surface area contributed by atoms with E-state index in [1.807, 2.05) is 0 Å². The van der Waals surface area contributed by atoms with Gasteiger partial charge in [-0.15, -0.1) is 0 Å². The predicted molar refractivity (Wildman–Crippen MR) is 81.3 cm³/mol. The molecule has 0 aliphatic rings. The molecule has 0 aromatic heterocycles. The van der Waals surface area contributed by atoms with Crippen molar-refractivity contribution in [1.82, 2.24) is 0 Å². The molecule has 0 radical (unpaired) electrons. The number of aliphatic carboxylic acids is 1. The topological polar surface area (TPSA) is 60.4 Å². The molecule has 1 N–H and O–H groups in total. The summed E-state index contributed by atoms with van der Waals surface area (Å²) in [4.78, 5) is 10.3. The van der Waals surface area contributed by atoms with Crippen molar-refractivity contribution in [2.75, 3.05) is 0 Å². The number of aliphatic hydroxyl groups excluding tert-OH is 1. The van der Waals surface area contributed by atoms with Gasteiger partial charge in [0.1, 0.15) is 0 Å². The molecule has 0 aromatic rings. The number of hydrogen-bond acceptors (Lipinski definition) is 3. The van der Waals surface area contributed by atoms with Crippen molar-refractivity contribution in [3.63, 3.8) is 0 Å². The number of hydrogen-bond donors (Lipinski definition) is 1. The van der Waals surface area contributed by atoms with Gasteiger partial charge in [-0.05, 0) is 12.3 Å². The number of carboxylic acid groups (broad SMARTS) is 1. The monoisotopic (exact) mass is 285 g/mol. The van der Waals surface area contributed by atoms with Crippen LogP contribution in [0.15, 0.2) is 0 Å². The van der Waals surface area contributed by atoms with Crippen LogP contribution in [0.25, 0.3) is 0 Å². The zero-order valence-electron chi connectivity index (χ0n) is 13.4. The van der Waals surface area contributed by atoms with Crippen molar-refractivity contribution in [2.45, 2.75) is 97.0 Å². The first-order chi connectivity index (χ1) is 9.52. The first kappa shape index (κ1) is 19.4. The Morgan fingerprint density at radius 1 is 0.850 bits per heavy atom. The third-order valence-electron chi connectivity index (χ3n) is 3.72. The molecule has 20 heavy (non-hydrogen) atoms. The number of aliphatic hydroxyl groups is 1. The van der Waals surface area contributed by atoms with Gasteiger partial charge < -0.3 is 15.0 Å². The second-order valence-electron chi connectivity index (χ2n) is 6.38. The summed E-state index contributed by atoms with van der Waals surface area (Å²) in [5.41, 5.74) is 0. The van der Waals surface area contributed by atoms with Crippen molar-refractivity contribution < 1.29 is 15.0 Å². The minimum atomic E-state index is -1.16. The van der Waals surface area contributed by atoms with Crippen LogP contribution >= 0.6 is 0 Å². The maximum Gasteiger partial charge on any atom is 0.0592 e. The lowest BCUT2D eigenvalue weighted by molar-refractivity contribution is -0.307. The van der Waals surface area contributed by atoms with E-state index in [1.165, 1.54) is 51.4 Å². The van der Waals surface area contributed by atoms with Crippen molar-refractivity contribution in [2.24, 2.45) is 5.92 Å². The van der Waals surface area contributed by atoms with E-state index in [0.717, 1.165) is 18.8 Å². The normalized spacial score (nSPS) is 12.8. The van der Waals surface area contributed by atoms with Crippen molar-refractivity contribution in [3.8, 4) is 0 Å². The van der Waals surface area contributed by atoms with Gasteiger partial charge in [0.25, 0.3) is 0 Å². The van der Waals surface area contributed by atoms with Crippen LogP contribution in [0.3, 0.4) is 0 Å². The molecule has 0 heterocycles. The second-order valence-corrected chi connectivity index (χ2v) is 6.38. The molecule has 0 aliphatic heterocycles. The lowest BCUT2D eigenvalue weighted by Gasteiger charge is -2.10. The summed E-state index contributed by atoms with van der Waals surface area (Å²) in [6.45, 7) is 4.56. The van der Waals surface area contributed by atoms with Gasteiger partial charge in [-0.25, -0.2) is 0 Å². The molecule has 0 rings (SSSR count). The number of unbranched alkanes of at least 4 members (excludes halogenated alkanes) is 8. The van der Waals surface area contributed by atoms with Crippen LogP contribution in [-0.2, 0) is 4.79 Å². The van der Waals surface area contributed by atoms with Crippen molar-refractivity contribution in [3.05, 3.63) is 0 Å². The first-order valence-corrected chi connectivity index (χ1v) is 8.40. The molecular weight excluding hydrogens is 252 g/mol. The quantitative estimate of drug-likeness (QED) is 0.497. The second kappa shape index (κ2) is 13.4. The highest BCUT2D eigenvalue weighted by atomic mass is 16.4. The molecule has 0 spiro atoms. The van der Waals surface area contributed by atoms with Crippen molar-refractivity contribution in [1.29, 1.82) is 0 Å². The molecule has 0 saturated heterocycles. The average molecular weight is 285 g/mol. The van der Waals surface area contributed by atoms with Gasteiger partial charge in [0, 0.05) is 12.4 Å². The molecule has 1 atom stereocenters. The molecule has 0 aliphatic carbocycles. The maximum atomic E-state index is 10.3. The number of carboxylic acids is 1. The zero-order chi connectivity index (χ0) is 15.2. The van der Waals surface area contributed by atoms with E-state index >= 15 is 0 Å².